The molecular formula is C20H20NOS+. The van der Waals surface area contributed by atoms with Gasteiger partial charge in [0.05, 0.1) is 0 Å². The van der Waals surface area contributed by atoms with Crippen molar-refractivity contribution in [2.45, 2.75) is 17.4 Å². The molecule has 3 aromatic rings. The summed E-state index contributed by atoms with van der Waals surface area (Å²) in [5, 5.41) is 1.26. The van der Waals surface area contributed by atoms with Gasteiger partial charge in [-0.15, -0.1) is 0 Å². The zero-order valence-corrected chi connectivity index (χ0v) is 14.0. The molecule has 3 rings (SSSR count). The van der Waals surface area contributed by atoms with Crippen LogP contribution in [0.25, 0.3) is 0 Å². The van der Waals surface area contributed by atoms with Gasteiger partial charge in [0.15, 0.2) is 6.20 Å². The largest absolute Gasteiger partial charge is 0.489 e. The summed E-state index contributed by atoms with van der Waals surface area (Å²) in [6.07, 6.45) is 2.07. The number of aromatic nitrogens is 1. The van der Waals surface area contributed by atoms with E-state index in [-0.39, 0.29) is 0 Å². The summed E-state index contributed by atoms with van der Waals surface area (Å²) < 4.78 is 7.96. The van der Waals surface area contributed by atoms with Crippen LogP contribution >= 0.6 is 11.8 Å². The summed E-state index contributed by atoms with van der Waals surface area (Å²) in [5.74, 6) is 1.87. The van der Waals surface area contributed by atoms with Crippen molar-refractivity contribution in [3.8, 4) is 5.75 Å². The van der Waals surface area contributed by atoms with Crippen LogP contribution in [0.2, 0.25) is 0 Å². The van der Waals surface area contributed by atoms with Gasteiger partial charge >= 0.3 is 0 Å². The highest BCUT2D eigenvalue weighted by molar-refractivity contribution is 7.98. The van der Waals surface area contributed by atoms with Gasteiger partial charge in [-0.2, -0.15) is 4.57 Å². The van der Waals surface area contributed by atoms with Crippen molar-refractivity contribution in [3.63, 3.8) is 0 Å². The summed E-state index contributed by atoms with van der Waals surface area (Å²) in [6.45, 7) is 0.606. The van der Waals surface area contributed by atoms with E-state index in [1.54, 1.807) is 0 Å². The topological polar surface area (TPSA) is 13.1 Å². The fourth-order valence-electron chi connectivity index (χ4n) is 2.24. The van der Waals surface area contributed by atoms with E-state index < -0.39 is 0 Å². The molecule has 23 heavy (non-hydrogen) atoms. The number of thioether (sulfide) groups is 1. The maximum atomic E-state index is 5.82. The number of ether oxygens (including phenoxy) is 1. The number of aryl methyl sites for hydroxylation is 1. The fourth-order valence-corrected chi connectivity index (χ4v) is 3.18. The van der Waals surface area contributed by atoms with Gasteiger partial charge < -0.3 is 4.74 Å². The van der Waals surface area contributed by atoms with Gasteiger partial charge in [0, 0.05) is 17.9 Å². The monoisotopic (exact) mass is 322 g/mol. The standard InChI is InChI=1S/C20H20NOS/c1-21-14-6-5-9-20(21)23-16-18-10-12-19(13-11-18)22-15-17-7-3-2-4-8-17/h2-14H,15-16H2,1H3/q+1. The van der Waals surface area contributed by atoms with Crippen LogP contribution in [-0.4, -0.2) is 0 Å². The lowest BCUT2D eigenvalue weighted by Gasteiger charge is -2.07. The van der Waals surface area contributed by atoms with Gasteiger partial charge in [0.25, 0.3) is 0 Å². The van der Waals surface area contributed by atoms with Gasteiger partial charge in [-0.3, -0.25) is 0 Å². The molecule has 0 aliphatic heterocycles. The molecule has 1 heterocycles. The highest BCUT2D eigenvalue weighted by atomic mass is 32.2. The third-order valence-corrected chi connectivity index (χ3v) is 4.76. The molecule has 116 valence electrons. The molecule has 0 spiro atoms. The molecule has 0 N–H and O–H groups in total. The Morgan fingerprint density at radius 2 is 1.57 bits per heavy atom. The molecule has 0 radical (unpaired) electrons. The zero-order chi connectivity index (χ0) is 15.9. The minimum Gasteiger partial charge on any atom is -0.489 e. The molecule has 0 unspecified atom stereocenters. The molecule has 0 amide bonds. The first-order chi connectivity index (χ1) is 11.3. The predicted molar refractivity (Wildman–Crippen MR) is 94.4 cm³/mol. The van der Waals surface area contributed by atoms with Crippen LogP contribution in [0.4, 0.5) is 0 Å². The second-order valence-corrected chi connectivity index (χ2v) is 6.35. The molecule has 0 aliphatic carbocycles. The van der Waals surface area contributed by atoms with Crippen LogP contribution in [0, 0.1) is 0 Å². The van der Waals surface area contributed by atoms with E-state index in [4.69, 9.17) is 4.74 Å². The van der Waals surface area contributed by atoms with E-state index >= 15 is 0 Å². The third-order valence-electron chi connectivity index (χ3n) is 3.57. The molecule has 2 nitrogen and oxygen atoms in total. The SMILES string of the molecule is C[n+]1ccccc1SCc1ccc(OCc2ccccc2)cc1. The van der Waals surface area contributed by atoms with Crippen LogP contribution in [0.1, 0.15) is 11.1 Å². The van der Waals surface area contributed by atoms with Gasteiger partial charge in [0.2, 0.25) is 5.03 Å². The second kappa shape index (κ2) is 7.84. The zero-order valence-electron chi connectivity index (χ0n) is 13.2. The van der Waals surface area contributed by atoms with Gasteiger partial charge in [-0.1, -0.05) is 54.2 Å². The molecule has 2 aromatic carbocycles. The lowest BCUT2D eigenvalue weighted by Crippen LogP contribution is -2.29. The molecule has 0 saturated carbocycles. The molecule has 0 fully saturated rings. The summed E-state index contributed by atoms with van der Waals surface area (Å²) in [5.41, 5.74) is 2.48. The summed E-state index contributed by atoms with van der Waals surface area (Å²) in [7, 11) is 2.07. The highest BCUT2D eigenvalue weighted by Crippen LogP contribution is 2.21. The first-order valence-corrected chi connectivity index (χ1v) is 8.63. The second-order valence-electron chi connectivity index (χ2n) is 5.36. The number of benzene rings is 2. The Hall–Kier alpha value is -2.26. The Morgan fingerprint density at radius 1 is 0.826 bits per heavy atom. The van der Waals surface area contributed by atoms with Crippen molar-refractivity contribution in [3.05, 3.63) is 90.1 Å². The Labute approximate surface area is 141 Å². The van der Waals surface area contributed by atoms with E-state index in [2.05, 4.69) is 54.2 Å². The van der Waals surface area contributed by atoms with Crippen molar-refractivity contribution < 1.29 is 9.30 Å². The van der Waals surface area contributed by atoms with Crippen LogP contribution in [0.15, 0.2) is 84.0 Å². The molecule has 0 bridgehead atoms. The minimum atomic E-state index is 0.606. The molecule has 0 saturated heterocycles. The van der Waals surface area contributed by atoms with E-state index in [1.807, 2.05) is 48.2 Å². The number of pyridine rings is 1. The molecule has 3 heteroatoms. The Kier molecular flexibility index (Phi) is 5.33. The van der Waals surface area contributed by atoms with Gasteiger partial charge in [-0.25, -0.2) is 0 Å². The van der Waals surface area contributed by atoms with Gasteiger partial charge in [-0.05, 0) is 29.3 Å². The van der Waals surface area contributed by atoms with E-state index in [0.29, 0.717) is 6.61 Å². The lowest BCUT2D eigenvalue weighted by molar-refractivity contribution is -0.708. The van der Waals surface area contributed by atoms with E-state index in [1.165, 1.54) is 16.2 Å². The highest BCUT2D eigenvalue weighted by Gasteiger charge is 2.06. The first-order valence-electron chi connectivity index (χ1n) is 7.64. The van der Waals surface area contributed by atoms with Crippen molar-refractivity contribution in [1.82, 2.24) is 0 Å². The third kappa shape index (κ3) is 4.60. The maximum absolute atomic E-state index is 5.82. The Bertz CT molecular complexity index is 741. The quantitative estimate of drug-likeness (QED) is 0.493. The lowest BCUT2D eigenvalue weighted by atomic mass is 10.2. The first kappa shape index (κ1) is 15.6. The molecular weight excluding hydrogens is 302 g/mol. The normalized spacial score (nSPS) is 10.5. The average Bonchev–Trinajstić information content (AvgIpc) is 2.61. The molecule has 1 aromatic heterocycles. The van der Waals surface area contributed by atoms with Gasteiger partial charge in [0.1, 0.15) is 19.4 Å². The van der Waals surface area contributed by atoms with Crippen molar-refractivity contribution in [1.29, 1.82) is 0 Å². The van der Waals surface area contributed by atoms with Crippen LogP contribution in [-0.2, 0) is 19.4 Å². The van der Waals surface area contributed by atoms with Crippen molar-refractivity contribution >= 4 is 11.8 Å². The molecule has 0 aliphatic rings. The Morgan fingerprint density at radius 3 is 2.30 bits per heavy atom. The van der Waals surface area contributed by atoms with E-state index in [9.17, 15) is 0 Å². The van der Waals surface area contributed by atoms with Crippen LogP contribution in [0.5, 0.6) is 5.75 Å². The van der Waals surface area contributed by atoms with E-state index in [0.717, 1.165) is 11.5 Å². The van der Waals surface area contributed by atoms with Crippen molar-refractivity contribution in [2.75, 3.05) is 0 Å². The fraction of sp³-hybridized carbons (Fsp3) is 0.150. The number of hydrogen-bond acceptors (Lipinski definition) is 2. The number of hydrogen-bond donors (Lipinski definition) is 0. The summed E-state index contributed by atoms with van der Waals surface area (Å²) >= 11 is 1.84. The predicted octanol–water partition coefficient (Wildman–Crippen LogP) is 4.38. The maximum Gasteiger partial charge on any atom is 0.240 e. The van der Waals surface area contributed by atoms with Crippen molar-refractivity contribution in [2.24, 2.45) is 7.05 Å². The Balaban J connectivity index is 1.54. The average molecular weight is 322 g/mol. The molecule has 0 atom stereocenters. The number of nitrogens with zero attached hydrogens (tertiary/aromatic N) is 1. The van der Waals surface area contributed by atoms with Crippen LogP contribution in [0.3, 0.4) is 0 Å². The summed E-state index contributed by atoms with van der Waals surface area (Å²) in [4.78, 5) is 0. The smallest absolute Gasteiger partial charge is 0.240 e. The summed E-state index contributed by atoms with van der Waals surface area (Å²) in [6, 6.07) is 24.8. The minimum absolute atomic E-state index is 0.606. The number of rotatable bonds is 6. The van der Waals surface area contributed by atoms with Crippen LogP contribution < -0.4 is 9.30 Å².